The molecule has 0 saturated carbocycles. The summed E-state index contributed by atoms with van der Waals surface area (Å²) in [5.41, 5.74) is 1.71. The fraction of sp³-hybridized carbons (Fsp3) is 0.133. The molecule has 1 fully saturated rings. The lowest BCUT2D eigenvalue weighted by atomic mass is 10.1. The summed E-state index contributed by atoms with van der Waals surface area (Å²) in [6.07, 6.45) is -0.501. The van der Waals surface area contributed by atoms with E-state index in [2.05, 4.69) is 5.32 Å². The first-order valence-electron chi connectivity index (χ1n) is 6.15. The van der Waals surface area contributed by atoms with Crippen LogP contribution in [-0.2, 0) is 4.79 Å². The van der Waals surface area contributed by atoms with Gasteiger partial charge in [-0.05, 0) is 11.1 Å². The molecule has 2 N–H and O–H groups in total. The molecule has 4 heteroatoms. The predicted molar refractivity (Wildman–Crippen MR) is 70.1 cm³/mol. The van der Waals surface area contributed by atoms with Crippen molar-refractivity contribution in [3.8, 4) is 0 Å². The molecule has 1 aliphatic rings. The summed E-state index contributed by atoms with van der Waals surface area (Å²) in [5.74, 6) is -0.333. The first kappa shape index (κ1) is 11.9. The lowest BCUT2D eigenvalue weighted by Crippen LogP contribution is -2.26. The minimum Gasteiger partial charge on any atom is -0.284 e. The number of carbonyl (C=O) groups excluding carboxylic acids is 1. The Hall–Kier alpha value is -2.17. The van der Waals surface area contributed by atoms with Gasteiger partial charge in [-0.3, -0.25) is 15.3 Å². The monoisotopic (exact) mass is 254 g/mol. The Balaban J connectivity index is 1.90. The van der Waals surface area contributed by atoms with E-state index in [1.807, 2.05) is 60.7 Å². The summed E-state index contributed by atoms with van der Waals surface area (Å²) < 4.78 is 0. The van der Waals surface area contributed by atoms with E-state index in [0.717, 1.165) is 16.2 Å². The highest BCUT2D eigenvalue weighted by Crippen LogP contribution is 2.30. The van der Waals surface area contributed by atoms with Gasteiger partial charge in [0.05, 0.1) is 0 Å². The molecule has 96 valence electrons. The molecule has 3 rings (SSSR count). The summed E-state index contributed by atoms with van der Waals surface area (Å²) in [5, 5.41) is 13.9. The van der Waals surface area contributed by atoms with Crippen LogP contribution in [0.3, 0.4) is 0 Å². The third-order valence-corrected chi connectivity index (χ3v) is 3.29. The van der Waals surface area contributed by atoms with Gasteiger partial charge in [-0.25, -0.2) is 5.06 Å². The van der Waals surface area contributed by atoms with Gasteiger partial charge >= 0.3 is 0 Å². The second kappa shape index (κ2) is 4.84. The largest absolute Gasteiger partial charge is 0.284 e. The molecule has 0 aromatic heterocycles. The topological polar surface area (TPSA) is 52.6 Å². The Morgan fingerprint density at radius 2 is 1.42 bits per heavy atom. The molecule has 2 atom stereocenters. The van der Waals surface area contributed by atoms with Crippen LogP contribution in [0.2, 0.25) is 0 Å². The Morgan fingerprint density at radius 1 is 0.895 bits per heavy atom. The minimum absolute atomic E-state index is 0.333. The van der Waals surface area contributed by atoms with E-state index in [0.29, 0.717) is 0 Å². The lowest BCUT2D eigenvalue weighted by Gasteiger charge is -2.17. The normalized spacial score (nSPS) is 22.8. The Kier molecular flexibility index (Phi) is 3.03. The van der Waals surface area contributed by atoms with Crippen LogP contribution in [0.1, 0.15) is 23.3 Å². The van der Waals surface area contributed by atoms with Crippen molar-refractivity contribution in [3.63, 3.8) is 0 Å². The summed E-state index contributed by atoms with van der Waals surface area (Å²) >= 11 is 0. The van der Waals surface area contributed by atoms with Gasteiger partial charge in [0.1, 0.15) is 12.2 Å². The van der Waals surface area contributed by atoms with Crippen LogP contribution in [0, 0.1) is 0 Å². The number of rotatable bonds is 2. The number of carbonyl (C=O) groups is 1. The molecule has 2 aromatic carbocycles. The van der Waals surface area contributed by atoms with E-state index >= 15 is 0 Å². The van der Waals surface area contributed by atoms with Crippen LogP contribution in [0.25, 0.3) is 0 Å². The average Bonchev–Trinajstić information content (AvgIpc) is 2.77. The van der Waals surface area contributed by atoms with Crippen LogP contribution in [0.4, 0.5) is 0 Å². The number of nitrogens with one attached hydrogen (secondary N) is 1. The van der Waals surface area contributed by atoms with Gasteiger partial charge in [0.2, 0.25) is 0 Å². The molecule has 0 aliphatic carbocycles. The number of hydrogen-bond acceptors (Lipinski definition) is 3. The second-order valence-electron chi connectivity index (χ2n) is 4.51. The Bertz CT molecular complexity index is 571. The number of hydroxylamine groups is 2. The van der Waals surface area contributed by atoms with E-state index in [-0.39, 0.29) is 5.91 Å². The van der Waals surface area contributed by atoms with Gasteiger partial charge in [0.15, 0.2) is 0 Å². The number of nitrogens with zero attached hydrogens (tertiary/aromatic N) is 1. The molecule has 1 heterocycles. The molecule has 19 heavy (non-hydrogen) atoms. The van der Waals surface area contributed by atoms with Gasteiger partial charge in [-0.1, -0.05) is 60.7 Å². The predicted octanol–water partition coefficient (Wildman–Crippen LogP) is 2.25. The van der Waals surface area contributed by atoms with Gasteiger partial charge in [-0.2, -0.15) is 0 Å². The smallest absolute Gasteiger partial charge is 0.269 e. The zero-order chi connectivity index (χ0) is 13.2. The second-order valence-corrected chi connectivity index (χ2v) is 4.51. The molecule has 4 nitrogen and oxygen atoms in total. The van der Waals surface area contributed by atoms with Crippen molar-refractivity contribution in [3.05, 3.63) is 71.8 Å². The third kappa shape index (κ3) is 2.12. The van der Waals surface area contributed by atoms with Gasteiger partial charge < -0.3 is 0 Å². The number of amides is 1. The minimum atomic E-state index is -0.503. The standard InChI is InChI=1S/C15H14N2O2/c18-15-13(11-7-3-1-4-8-11)16-14(17(15)19)12-9-5-2-6-10-12/h1-10,13-14,16,19H/t13-,14+/m0/s1. The van der Waals surface area contributed by atoms with E-state index in [1.165, 1.54) is 0 Å². The van der Waals surface area contributed by atoms with Crippen molar-refractivity contribution in [2.24, 2.45) is 0 Å². The highest BCUT2D eigenvalue weighted by atomic mass is 16.5. The van der Waals surface area contributed by atoms with Crippen molar-refractivity contribution in [1.82, 2.24) is 10.4 Å². The Labute approximate surface area is 111 Å². The van der Waals surface area contributed by atoms with Gasteiger partial charge in [0.25, 0.3) is 5.91 Å². The maximum absolute atomic E-state index is 12.1. The molecule has 1 saturated heterocycles. The van der Waals surface area contributed by atoms with E-state index in [1.54, 1.807) is 0 Å². The van der Waals surface area contributed by atoms with Crippen LogP contribution >= 0.6 is 0 Å². The first-order chi connectivity index (χ1) is 9.27. The first-order valence-corrected chi connectivity index (χ1v) is 6.15. The maximum Gasteiger partial charge on any atom is 0.269 e. The van der Waals surface area contributed by atoms with Crippen LogP contribution in [0.5, 0.6) is 0 Å². The third-order valence-electron chi connectivity index (χ3n) is 3.29. The fourth-order valence-corrected chi connectivity index (χ4v) is 2.32. The molecule has 0 bridgehead atoms. The fourth-order valence-electron chi connectivity index (χ4n) is 2.32. The van der Waals surface area contributed by atoms with Crippen molar-refractivity contribution >= 4 is 5.91 Å². The highest BCUT2D eigenvalue weighted by molar-refractivity contribution is 5.84. The van der Waals surface area contributed by atoms with Crippen LogP contribution in [0.15, 0.2) is 60.7 Å². The van der Waals surface area contributed by atoms with E-state index in [9.17, 15) is 10.0 Å². The van der Waals surface area contributed by atoms with Crippen LogP contribution < -0.4 is 5.32 Å². The highest BCUT2D eigenvalue weighted by Gasteiger charge is 2.39. The molecule has 0 unspecified atom stereocenters. The summed E-state index contributed by atoms with van der Waals surface area (Å²) in [6.45, 7) is 0. The maximum atomic E-state index is 12.1. The average molecular weight is 254 g/mol. The quantitative estimate of drug-likeness (QED) is 0.808. The molecular weight excluding hydrogens is 240 g/mol. The zero-order valence-corrected chi connectivity index (χ0v) is 10.2. The lowest BCUT2D eigenvalue weighted by molar-refractivity contribution is -0.167. The van der Waals surface area contributed by atoms with Gasteiger partial charge in [-0.15, -0.1) is 0 Å². The van der Waals surface area contributed by atoms with Gasteiger partial charge in [0, 0.05) is 0 Å². The molecule has 0 radical (unpaired) electrons. The molecule has 0 spiro atoms. The van der Waals surface area contributed by atoms with E-state index in [4.69, 9.17) is 0 Å². The molecule has 2 aromatic rings. The van der Waals surface area contributed by atoms with E-state index < -0.39 is 12.2 Å². The molecule has 1 amide bonds. The summed E-state index contributed by atoms with van der Waals surface area (Å²) in [6, 6.07) is 18.3. The molecular formula is C15H14N2O2. The Morgan fingerprint density at radius 3 is 2.00 bits per heavy atom. The molecule has 1 aliphatic heterocycles. The number of hydrogen-bond donors (Lipinski definition) is 2. The zero-order valence-electron chi connectivity index (χ0n) is 10.2. The van der Waals surface area contributed by atoms with Crippen molar-refractivity contribution in [2.45, 2.75) is 12.2 Å². The van der Waals surface area contributed by atoms with Crippen LogP contribution in [-0.4, -0.2) is 16.2 Å². The van der Waals surface area contributed by atoms with Crippen molar-refractivity contribution in [1.29, 1.82) is 0 Å². The SMILES string of the molecule is O=C1[C@H](c2ccccc2)N[C@@H](c2ccccc2)N1O. The summed E-state index contributed by atoms with van der Waals surface area (Å²) in [4.78, 5) is 12.1. The summed E-state index contributed by atoms with van der Waals surface area (Å²) in [7, 11) is 0. The number of benzene rings is 2. The van der Waals surface area contributed by atoms with Crippen molar-refractivity contribution in [2.75, 3.05) is 0 Å². The van der Waals surface area contributed by atoms with Crippen molar-refractivity contribution < 1.29 is 10.0 Å².